The molecular weight excluding hydrogens is 506 g/mol. The van der Waals surface area contributed by atoms with Crippen LogP contribution in [-0.4, -0.2) is 59.0 Å². The number of hydrogen-bond acceptors (Lipinski definition) is 6. The molecule has 0 aliphatic heterocycles. The molecule has 9 heteroatoms. The lowest BCUT2D eigenvalue weighted by Crippen LogP contribution is -2.42. The molecule has 1 aliphatic carbocycles. The van der Waals surface area contributed by atoms with E-state index in [0.29, 0.717) is 28.8 Å². The average Bonchev–Trinajstić information content (AvgIpc) is 2.93. The highest BCUT2D eigenvalue weighted by atomic mass is 35.5. The van der Waals surface area contributed by atoms with Crippen molar-refractivity contribution in [3.8, 4) is 5.75 Å². The molecule has 208 valence electrons. The fraction of sp³-hybridized carbons (Fsp3) is 0.517. The van der Waals surface area contributed by atoms with E-state index in [0.717, 1.165) is 17.5 Å². The number of alkyl carbamates (subject to hydrolysis) is 1. The van der Waals surface area contributed by atoms with E-state index >= 15 is 0 Å². The minimum absolute atomic E-state index is 0.0367. The van der Waals surface area contributed by atoms with E-state index in [1.165, 1.54) is 39.2 Å². The molecule has 38 heavy (non-hydrogen) atoms. The van der Waals surface area contributed by atoms with E-state index in [-0.39, 0.29) is 25.1 Å². The van der Waals surface area contributed by atoms with Gasteiger partial charge in [-0.2, -0.15) is 0 Å². The first kappa shape index (κ1) is 29.7. The normalized spacial score (nSPS) is 15.4. The van der Waals surface area contributed by atoms with Crippen LogP contribution in [0.2, 0.25) is 5.02 Å². The maximum absolute atomic E-state index is 13.5. The molecule has 2 atom stereocenters. The monoisotopic (exact) mass is 545 g/mol. The van der Waals surface area contributed by atoms with Crippen molar-refractivity contribution in [3.05, 3.63) is 64.2 Å². The summed E-state index contributed by atoms with van der Waals surface area (Å²) in [5.41, 5.74) is 2.06. The maximum Gasteiger partial charge on any atom is 0.406 e. The van der Waals surface area contributed by atoms with Crippen LogP contribution in [0.1, 0.15) is 66.1 Å². The SMILES string of the molecule is CNC[C@H](CC1CCCCC1)NC(=O)c1cc(OC)cc([C@H](OCCNC(=O)OC)c2cccc(Cl)c2)c1. The summed E-state index contributed by atoms with van der Waals surface area (Å²) < 4.78 is 16.4. The molecule has 0 aromatic heterocycles. The lowest BCUT2D eigenvalue weighted by Gasteiger charge is -2.27. The van der Waals surface area contributed by atoms with Gasteiger partial charge < -0.3 is 30.2 Å². The zero-order chi connectivity index (χ0) is 27.3. The Labute approximate surface area is 230 Å². The second-order valence-corrected chi connectivity index (χ2v) is 10.1. The number of amides is 2. The Morgan fingerprint density at radius 1 is 1.05 bits per heavy atom. The Morgan fingerprint density at radius 2 is 1.84 bits per heavy atom. The summed E-state index contributed by atoms with van der Waals surface area (Å²) in [5, 5.41) is 9.65. The quantitative estimate of drug-likeness (QED) is 0.303. The zero-order valence-corrected chi connectivity index (χ0v) is 23.3. The Hall–Kier alpha value is -2.81. The molecule has 3 rings (SSSR count). The van der Waals surface area contributed by atoms with Crippen molar-refractivity contribution in [2.45, 2.75) is 50.7 Å². The van der Waals surface area contributed by atoms with Crippen LogP contribution in [0.15, 0.2) is 42.5 Å². The summed E-state index contributed by atoms with van der Waals surface area (Å²) in [5.74, 6) is 1.04. The number of carbonyl (C=O) groups excluding carboxylic acids is 2. The molecule has 3 N–H and O–H groups in total. The third-order valence-corrected chi connectivity index (χ3v) is 7.09. The van der Waals surface area contributed by atoms with Gasteiger partial charge in [-0.3, -0.25) is 4.79 Å². The predicted molar refractivity (Wildman–Crippen MR) is 149 cm³/mol. The molecule has 2 amide bonds. The smallest absolute Gasteiger partial charge is 0.406 e. The summed E-state index contributed by atoms with van der Waals surface area (Å²) in [6, 6.07) is 12.8. The summed E-state index contributed by atoms with van der Waals surface area (Å²) in [4.78, 5) is 24.9. The van der Waals surface area contributed by atoms with Crippen molar-refractivity contribution < 1.29 is 23.8 Å². The molecule has 2 aromatic rings. The molecule has 1 fully saturated rings. The van der Waals surface area contributed by atoms with Crippen molar-refractivity contribution >= 4 is 23.6 Å². The van der Waals surface area contributed by atoms with Crippen LogP contribution < -0.4 is 20.7 Å². The Morgan fingerprint density at radius 3 is 2.53 bits per heavy atom. The first-order valence-corrected chi connectivity index (χ1v) is 13.6. The molecule has 1 aliphatic rings. The topological polar surface area (TPSA) is 97.9 Å². The molecule has 2 aromatic carbocycles. The van der Waals surface area contributed by atoms with Gasteiger partial charge in [0.15, 0.2) is 0 Å². The molecule has 0 bridgehead atoms. The standard InChI is InChI=1S/C29H40ClN3O5/c1-31-19-25(14-20-8-5-4-6-9-20)33-28(34)23-15-22(17-26(18-23)36-2)27(21-10-7-11-24(30)16-21)38-13-12-32-29(35)37-3/h7,10-11,15-18,20,25,27,31H,4-6,8-9,12-14,19H2,1-3H3,(H,32,35)(H,33,34)/t25-,27+/m0/s1. The molecule has 0 unspecified atom stereocenters. The molecule has 0 saturated heterocycles. The van der Waals surface area contributed by atoms with Gasteiger partial charge in [0.05, 0.1) is 20.8 Å². The van der Waals surface area contributed by atoms with Gasteiger partial charge in [-0.05, 0) is 60.8 Å². The number of ether oxygens (including phenoxy) is 3. The van der Waals surface area contributed by atoms with E-state index in [1.54, 1.807) is 19.2 Å². The van der Waals surface area contributed by atoms with Crippen molar-refractivity contribution in [2.24, 2.45) is 5.92 Å². The van der Waals surface area contributed by atoms with Gasteiger partial charge in [0.2, 0.25) is 0 Å². The van der Waals surface area contributed by atoms with Crippen LogP contribution in [0.25, 0.3) is 0 Å². The van der Waals surface area contributed by atoms with Crippen molar-refractivity contribution in [1.82, 2.24) is 16.0 Å². The van der Waals surface area contributed by atoms with Gasteiger partial charge in [0.1, 0.15) is 11.9 Å². The fourth-order valence-electron chi connectivity index (χ4n) is 5.01. The van der Waals surface area contributed by atoms with E-state index in [2.05, 4.69) is 20.7 Å². The van der Waals surface area contributed by atoms with Gasteiger partial charge in [-0.15, -0.1) is 0 Å². The highest BCUT2D eigenvalue weighted by Crippen LogP contribution is 2.32. The third-order valence-electron chi connectivity index (χ3n) is 6.85. The van der Waals surface area contributed by atoms with Crippen LogP contribution in [0.4, 0.5) is 4.79 Å². The number of nitrogens with one attached hydrogen (secondary N) is 3. The summed E-state index contributed by atoms with van der Waals surface area (Å²) >= 11 is 6.28. The minimum Gasteiger partial charge on any atom is -0.497 e. The van der Waals surface area contributed by atoms with Crippen molar-refractivity contribution in [3.63, 3.8) is 0 Å². The number of benzene rings is 2. The fourth-order valence-corrected chi connectivity index (χ4v) is 5.21. The second kappa shape index (κ2) is 15.6. The number of methoxy groups -OCH3 is 2. The first-order valence-electron chi connectivity index (χ1n) is 13.3. The molecule has 8 nitrogen and oxygen atoms in total. The van der Waals surface area contributed by atoms with Gasteiger partial charge in [0.25, 0.3) is 5.91 Å². The van der Waals surface area contributed by atoms with Crippen LogP contribution in [-0.2, 0) is 9.47 Å². The molecule has 0 radical (unpaired) electrons. The lowest BCUT2D eigenvalue weighted by atomic mass is 9.84. The predicted octanol–water partition coefficient (Wildman–Crippen LogP) is 5.10. The van der Waals surface area contributed by atoms with Crippen LogP contribution in [0, 0.1) is 5.92 Å². The number of hydrogen-bond donors (Lipinski definition) is 3. The number of rotatable bonds is 13. The maximum atomic E-state index is 13.5. The molecular formula is C29H40ClN3O5. The summed E-state index contributed by atoms with van der Waals surface area (Å²) in [6.45, 7) is 1.19. The average molecular weight is 546 g/mol. The van der Waals surface area contributed by atoms with E-state index < -0.39 is 12.2 Å². The first-order chi connectivity index (χ1) is 18.4. The molecule has 0 spiro atoms. The van der Waals surface area contributed by atoms with Gasteiger partial charge in [-0.25, -0.2) is 4.79 Å². The van der Waals surface area contributed by atoms with Crippen molar-refractivity contribution in [1.29, 1.82) is 0 Å². The van der Waals surface area contributed by atoms with Gasteiger partial charge in [-0.1, -0.05) is 55.8 Å². The summed E-state index contributed by atoms with van der Waals surface area (Å²) in [7, 11) is 4.79. The summed E-state index contributed by atoms with van der Waals surface area (Å²) in [6.07, 6.45) is 6.19. The number of likely N-dealkylation sites (N-methyl/N-ethyl adjacent to an activating group) is 1. The number of halogens is 1. The van der Waals surface area contributed by atoms with E-state index in [1.807, 2.05) is 37.4 Å². The number of carbonyl (C=O) groups is 2. The van der Waals surface area contributed by atoms with Gasteiger partial charge >= 0.3 is 6.09 Å². The molecule has 0 heterocycles. The highest BCUT2D eigenvalue weighted by Gasteiger charge is 2.23. The van der Waals surface area contributed by atoms with Crippen molar-refractivity contribution in [2.75, 3.05) is 41.0 Å². The highest BCUT2D eigenvalue weighted by molar-refractivity contribution is 6.30. The zero-order valence-electron chi connectivity index (χ0n) is 22.6. The largest absolute Gasteiger partial charge is 0.497 e. The van der Waals surface area contributed by atoms with E-state index in [9.17, 15) is 9.59 Å². The Bertz CT molecular complexity index is 1040. The molecule has 1 saturated carbocycles. The Kier molecular flexibility index (Phi) is 12.2. The van der Waals surface area contributed by atoms with E-state index in [4.69, 9.17) is 21.1 Å². The minimum atomic E-state index is -0.537. The second-order valence-electron chi connectivity index (χ2n) is 9.69. The van der Waals surface area contributed by atoms with Crippen LogP contribution in [0.5, 0.6) is 5.75 Å². The lowest BCUT2D eigenvalue weighted by molar-refractivity contribution is 0.0802. The van der Waals surface area contributed by atoms with Crippen LogP contribution >= 0.6 is 11.6 Å². The van der Waals surface area contributed by atoms with Gasteiger partial charge in [0, 0.05) is 29.7 Å². The third kappa shape index (κ3) is 9.19. The van der Waals surface area contributed by atoms with Crippen LogP contribution in [0.3, 0.4) is 0 Å². The Balaban J connectivity index is 1.83.